The quantitative estimate of drug-likeness (QED) is 0.155. The predicted octanol–water partition coefficient (Wildman–Crippen LogP) is 6.36. The molecule has 1 aromatic heterocycles. The van der Waals surface area contributed by atoms with E-state index in [4.69, 9.17) is 25.8 Å². The van der Waals surface area contributed by atoms with Gasteiger partial charge in [-0.05, 0) is 67.8 Å². The van der Waals surface area contributed by atoms with Crippen LogP contribution in [0, 0.1) is 18.3 Å². The van der Waals surface area contributed by atoms with E-state index in [1.807, 2.05) is 18.2 Å². The molecule has 0 aliphatic heterocycles. The maximum Gasteiger partial charge on any atom is 0.348 e. The zero-order chi connectivity index (χ0) is 27.7. The molecule has 0 saturated heterocycles. The minimum absolute atomic E-state index is 0.0848. The van der Waals surface area contributed by atoms with Crippen molar-refractivity contribution in [1.29, 1.82) is 5.26 Å². The minimum Gasteiger partial charge on any atom is -0.489 e. The summed E-state index contributed by atoms with van der Waals surface area (Å²) in [6.07, 6.45) is 1.24. The lowest BCUT2D eigenvalue weighted by atomic mass is 10.0. The van der Waals surface area contributed by atoms with E-state index < -0.39 is 17.7 Å². The van der Waals surface area contributed by atoms with Gasteiger partial charge in [0.1, 0.15) is 23.3 Å². The largest absolute Gasteiger partial charge is 0.489 e. The first kappa shape index (κ1) is 28.6. The number of thiophene rings is 1. The van der Waals surface area contributed by atoms with E-state index in [2.05, 4.69) is 0 Å². The Balaban J connectivity index is 1.77. The standard InChI is InChI=1S/C29H26ClNO6S/c1-4-35-28(33)26-18(3)27(29(34)36-5-2)38-25(26)15-24(32)21(16-31)14-19-8-12-23(13-9-19)37-17-20-6-10-22(30)11-7-20/h6-14H,4-5,15,17H2,1-3H3/b21-14+. The number of rotatable bonds is 11. The number of halogens is 1. The lowest BCUT2D eigenvalue weighted by Gasteiger charge is -2.07. The first-order valence-corrected chi connectivity index (χ1v) is 13.1. The zero-order valence-electron chi connectivity index (χ0n) is 21.2. The average Bonchev–Trinajstić information content (AvgIpc) is 3.23. The Morgan fingerprint density at radius 1 is 0.974 bits per heavy atom. The molecule has 0 aliphatic rings. The second-order valence-electron chi connectivity index (χ2n) is 8.05. The van der Waals surface area contributed by atoms with Gasteiger partial charge in [-0.25, -0.2) is 9.59 Å². The van der Waals surface area contributed by atoms with Crippen LogP contribution in [0.3, 0.4) is 0 Å². The summed E-state index contributed by atoms with van der Waals surface area (Å²) < 4.78 is 16.0. The van der Waals surface area contributed by atoms with Crippen LogP contribution < -0.4 is 4.74 Å². The van der Waals surface area contributed by atoms with Gasteiger partial charge in [0.15, 0.2) is 5.78 Å². The van der Waals surface area contributed by atoms with Crippen molar-refractivity contribution in [2.75, 3.05) is 13.2 Å². The third kappa shape index (κ3) is 7.31. The highest BCUT2D eigenvalue weighted by Gasteiger charge is 2.28. The first-order valence-electron chi connectivity index (χ1n) is 11.9. The number of ether oxygens (including phenoxy) is 3. The summed E-state index contributed by atoms with van der Waals surface area (Å²) in [6.45, 7) is 5.64. The molecule has 0 spiro atoms. The van der Waals surface area contributed by atoms with Gasteiger partial charge in [0.05, 0.1) is 24.4 Å². The van der Waals surface area contributed by atoms with E-state index >= 15 is 0 Å². The fourth-order valence-electron chi connectivity index (χ4n) is 3.55. The van der Waals surface area contributed by atoms with E-state index in [1.54, 1.807) is 57.2 Å². The maximum absolute atomic E-state index is 13.1. The van der Waals surface area contributed by atoms with Gasteiger partial charge in [-0.2, -0.15) is 5.26 Å². The summed E-state index contributed by atoms with van der Waals surface area (Å²) in [7, 11) is 0. The van der Waals surface area contributed by atoms with E-state index in [-0.39, 0.29) is 35.6 Å². The molecule has 3 rings (SSSR count). The number of ketones is 1. The average molecular weight is 552 g/mol. The lowest BCUT2D eigenvalue weighted by Crippen LogP contribution is -2.12. The Morgan fingerprint density at radius 3 is 2.21 bits per heavy atom. The molecule has 9 heteroatoms. The molecule has 0 fully saturated rings. The summed E-state index contributed by atoms with van der Waals surface area (Å²) >= 11 is 6.90. The predicted molar refractivity (Wildman–Crippen MR) is 145 cm³/mol. The van der Waals surface area contributed by atoms with Crippen molar-refractivity contribution in [3.8, 4) is 11.8 Å². The van der Waals surface area contributed by atoms with Crippen LogP contribution in [0.25, 0.3) is 6.08 Å². The van der Waals surface area contributed by atoms with Gasteiger partial charge in [-0.3, -0.25) is 4.79 Å². The smallest absolute Gasteiger partial charge is 0.348 e. The Labute approximate surface area is 230 Å². The second-order valence-corrected chi connectivity index (χ2v) is 9.59. The summed E-state index contributed by atoms with van der Waals surface area (Å²) in [5.41, 5.74) is 2.07. The Bertz CT molecular complexity index is 1380. The van der Waals surface area contributed by atoms with Gasteiger partial charge in [0, 0.05) is 16.3 Å². The van der Waals surface area contributed by atoms with Crippen LogP contribution in [0.2, 0.25) is 5.02 Å². The van der Waals surface area contributed by atoms with Gasteiger partial charge < -0.3 is 14.2 Å². The molecule has 0 amide bonds. The maximum atomic E-state index is 13.1. The van der Waals surface area contributed by atoms with Crippen LogP contribution in [0.4, 0.5) is 0 Å². The van der Waals surface area contributed by atoms with Gasteiger partial charge in [0.25, 0.3) is 0 Å². The molecule has 0 atom stereocenters. The molecule has 0 radical (unpaired) electrons. The van der Waals surface area contributed by atoms with E-state index in [9.17, 15) is 19.6 Å². The normalized spacial score (nSPS) is 11.0. The molecule has 196 valence electrons. The number of Topliss-reactive ketones (excluding diaryl/α,β-unsaturated/α-hetero) is 1. The Kier molecular flexibility index (Phi) is 10.2. The number of carbonyl (C=O) groups is 3. The van der Waals surface area contributed by atoms with Gasteiger partial charge in [0.2, 0.25) is 0 Å². The van der Waals surface area contributed by atoms with Crippen molar-refractivity contribution in [3.63, 3.8) is 0 Å². The van der Waals surface area contributed by atoms with Gasteiger partial charge in [-0.1, -0.05) is 35.9 Å². The molecule has 0 N–H and O–H groups in total. The zero-order valence-corrected chi connectivity index (χ0v) is 22.8. The lowest BCUT2D eigenvalue weighted by molar-refractivity contribution is -0.114. The van der Waals surface area contributed by atoms with Crippen LogP contribution in [0.15, 0.2) is 54.1 Å². The summed E-state index contributed by atoms with van der Waals surface area (Å²) in [5.74, 6) is -1.07. The monoisotopic (exact) mass is 551 g/mol. The molecule has 38 heavy (non-hydrogen) atoms. The van der Waals surface area contributed by atoms with Crippen molar-refractivity contribution in [1.82, 2.24) is 0 Å². The third-order valence-electron chi connectivity index (χ3n) is 5.41. The number of esters is 2. The van der Waals surface area contributed by atoms with Crippen LogP contribution in [-0.4, -0.2) is 30.9 Å². The highest BCUT2D eigenvalue weighted by Crippen LogP contribution is 2.31. The Morgan fingerprint density at radius 2 is 1.61 bits per heavy atom. The summed E-state index contributed by atoms with van der Waals surface area (Å²) in [4.78, 5) is 38.6. The topological polar surface area (TPSA) is 103 Å². The number of nitriles is 1. The summed E-state index contributed by atoms with van der Waals surface area (Å²) in [6, 6.07) is 16.2. The molecule has 0 unspecified atom stereocenters. The Hall–Kier alpha value is -3.93. The molecule has 3 aromatic rings. The molecule has 1 heterocycles. The third-order valence-corrected chi connectivity index (χ3v) is 6.94. The number of nitrogens with zero attached hydrogens (tertiary/aromatic N) is 1. The SMILES string of the molecule is CCOC(=O)c1sc(CC(=O)/C(C#N)=C/c2ccc(OCc3ccc(Cl)cc3)cc2)c(C(=O)OCC)c1C. The fraction of sp³-hybridized carbons (Fsp3) is 0.241. The highest BCUT2D eigenvalue weighted by atomic mass is 35.5. The van der Waals surface area contributed by atoms with Gasteiger partial charge in [-0.15, -0.1) is 11.3 Å². The number of benzene rings is 2. The molecular formula is C29H26ClNO6S. The number of hydrogen-bond acceptors (Lipinski definition) is 8. The molecule has 0 aliphatic carbocycles. The van der Waals surface area contributed by atoms with Gasteiger partial charge >= 0.3 is 11.9 Å². The number of hydrogen-bond donors (Lipinski definition) is 0. The van der Waals surface area contributed by atoms with Crippen molar-refractivity contribution in [2.24, 2.45) is 0 Å². The number of allylic oxidation sites excluding steroid dienone is 1. The van der Waals surface area contributed by atoms with Crippen LogP contribution in [-0.2, 0) is 27.3 Å². The fourth-order valence-corrected chi connectivity index (χ4v) is 4.86. The van der Waals surface area contributed by atoms with Crippen molar-refractivity contribution in [3.05, 3.63) is 91.1 Å². The van der Waals surface area contributed by atoms with Crippen molar-refractivity contribution in [2.45, 2.75) is 33.8 Å². The number of carbonyl (C=O) groups excluding carboxylic acids is 3. The first-order chi connectivity index (χ1) is 18.3. The highest BCUT2D eigenvalue weighted by molar-refractivity contribution is 7.14. The molecule has 7 nitrogen and oxygen atoms in total. The second kappa shape index (κ2) is 13.6. The summed E-state index contributed by atoms with van der Waals surface area (Å²) in [5, 5.41) is 10.3. The van der Waals surface area contributed by atoms with E-state index in [1.165, 1.54) is 6.08 Å². The van der Waals surface area contributed by atoms with E-state index in [0.717, 1.165) is 16.9 Å². The minimum atomic E-state index is -0.628. The van der Waals surface area contributed by atoms with Crippen LogP contribution in [0.5, 0.6) is 5.75 Å². The molecule has 0 saturated carbocycles. The van der Waals surface area contributed by atoms with Crippen LogP contribution in [0.1, 0.15) is 55.4 Å². The molecule has 2 aromatic carbocycles. The molecule has 0 bridgehead atoms. The van der Waals surface area contributed by atoms with E-state index in [0.29, 0.717) is 33.4 Å². The van der Waals surface area contributed by atoms with Crippen molar-refractivity contribution < 1.29 is 28.6 Å². The van der Waals surface area contributed by atoms with Crippen molar-refractivity contribution >= 4 is 46.7 Å². The van der Waals surface area contributed by atoms with Crippen LogP contribution >= 0.6 is 22.9 Å². The molecular weight excluding hydrogens is 526 g/mol.